The van der Waals surface area contributed by atoms with E-state index < -0.39 is 0 Å². The minimum absolute atomic E-state index is 0.499. The molecule has 35 heavy (non-hydrogen) atoms. The standard InChI is InChI=1S/C30H20N4O/c1-3-10-27-21(6-1)16-18-33(27)25-14-12-23(13-15-25)29-31-32-30(35-29)24-8-5-9-26(20-24)34-19-17-22-7-2-4-11-28(22)34/h1-20H. The van der Waals surface area contributed by atoms with Crippen molar-refractivity contribution in [3.05, 3.63) is 122 Å². The lowest BCUT2D eigenvalue weighted by Crippen LogP contribution is -1.92. The van der Waals surface area contributed by atoms with Crippen molar-refractivity contribution < 1.29 is 4.42 Å². The van der Waals surface area contributed by atoms with Crippen LogP contribution in [0.1, 0.15) is 0 Å². The van der Waals surface area contributed by atoms with Crippen LogP contribution in [0.4, 0.5) is 0 Å². The smallest absolute Gasteiger partial charge is 0.248 e. The number of aromatic nitrogens is 4. The third-order valence-electron chi connectivity index (χ3n) is 6.39. The van der Waals surface area contributed by atoms with Crippen LogP contribution in [0.5, 0.6) is 0 Å². The predicted octanol–water partition coefficient (Wildman–Crippen LogP) is 7.29. The zero-order valence-corrected chi connectivity index (χ0v) is 18.7. The molecule has 7 rings (SSSR count). The number of benzene rings is 4. The van der Waals surface area contributed by atoms with Gasteiger partial charge in [0.15, 0.2) is 0 Å². The summed E-state index contributed by atoms with van der Waals surface area (Å²) in [6, 6.07) is 37.3. The Morgan fingerprint density at radius 1 is 0.486 bits per heavy atom. The van der Waals surface area contributed by atoms with Crippen LogP contribution in [0.25, 0.3) is 56.1 Å². The lowest BCUT2D eigenvalue weighted by molar-refractivity contribution is 0.584. The largest absolute Gasteiger partial charge is 0.416 e. The summed E-state index contributed by atoms with van der Waals surface area (Å²) in [5.41, 5.74) is 6.24. The Hall–Kier alpha value is -4.90. The first-order valence-corrected chi connectivity index (χ1v) is 11.5. The van der Waals surface area contributed by atoms with Gasteiger partial charge in [0, 0.05) is 34.9 Å². The highest BCUT2D eigenvalue weighted by Crippen LogP contribution is 2.28. The lowest BCUT2D eigenvalue weighted by Gasteiger charge is -2.07. The van der Waals surface area contributed by atoms with Crippen molar-refractivity contribution in [1.29, 1.82) is 0 Å². The highest BCUT2D eigenvalue weighted by atomic mass is 16.4. The van der Waals surface area contributed by atoms with Crippen molar-refractivity contribution in [1.82, 2.24) is 19.3 Å². The second kappa shape index (κ2) is 7.85. The Bertz CT molecular complexity index is 1800. The SMILES string of the molecule is c1cc(-c2nnc(-c3ccc(-n4ccc5ccccc54)cc3)o2)cc(-n2ccc3ccccc32)c1. The molecule has 5 heteroatoms. The summed E-state index contributed by atoms with van der Waals surface area (Å²) >= 11 is 0. The summed E-state index contributed by atoms with van der Waals surface area (Å²) in [6.07, 6.45) is 4.17. The van der Waals surface area contributed by atoms with Gasteiger partial charge in [0.1, 0.15) is 0 Å². The van der Waals surface area contributed by atoms with E-state index in [0.717, 1.165) is 28.0 Å². The zero-order chi connectivity index (χ0) is 23.2. The van der Waals surface area contributed by atoms with E-state index in [-0.39, 0.29) is 0 Å². The van der Waals surface area contributed by atoms with Gasteiger partial charge >= 0.3 is 0 Å². The average molecular weight is 453 g/mol. The third-order valence-corrected chi connectivity index (χ3v) is 6.39. The topological polar surface area (TPSA) is 48.8 Å². The molecule has 0 radical (unpaired) electrons. The molecule has 0 fully saturated rings. The number of rotatable bonds is 4. The van der Waals surface area contributed by atoms with Crippen LogP contribution >= 0.6 is 0 Å². The van der Waals surface area contributed by atoms with Crippen molar-refractivity contribution in [3.8, 4) is 34.3 Å². The molecule has 0 spiro atoms. The van der Waals surface area contributed by atoms with Gasteiger partial charge < -0.3 is 13.6 Å². The second-order valence-corrected chi connectivity index (χ2v) is 8.50. The van der Waals surface area contributed by atoms with Gasteiger partial charge in [-0.2, -0.15) is 0 Å². The maximum Gasteiger partial charge on any atom is 0.248 e. The molecule has 4 aromatic carbocycles. The van der Waals surface area contributed by atoms with Gasteiger partial charge in [-0.15, -0.1) is 10.2 Å². The molecule has 0 aliphatic carbocycles. The van der Waals surface area contributed by atoms with Crippen molar-refractivity contribution in [2.24, 2.45) is 0 Å². The molecule has 0 unspecified atom stereocenters. The number of hydrogen-bond donors (Lipinski definition) is 0. The first-order valence-electron chi connectivity index (χ1n) is 11.5. The van der Waals surface area contributed by atoms with Crippen molar-refractivity contribution >= 4 is 21.8 Å². The van der Waals surface area contributed by atoms with Gasteiger partial charge in [-0.3, -0.25) is 0 Å². The number of para-hydroxylation sites is 2. The van der Waals surface area contributed by atoms with Gasteiger partial charge in [-0.25, -0.2) is 0 Å². The Kier molecular flexibility index (Phi) is 4.39. The molecule has 5 nitrogen and oxygen atoms in total. The lowest BCUT2D eigenvalue weighted by atomic mass is 10.2. The quantitative estimate of drug-likeness (QED) is 0.282. The van der Waals surface area contributed by atoms with Crippen LogP contribution in [-0.2, 0) is 0 Å². The van der Waals surface area contributed by atoms with Crippen LogP contribution in [0.15, 0.2) is 126 Å². The second-order valence-electron chi connectivity index (χ2n) is 8.50. The molecule has 0 atom stereocenters. The van der Waals surface area contributed by atoms with Crippen LogP contribution in [0.3, 0.4) is 0 Å². The molecular formula is C30H20N4O. The van der Waals surface area contributed by atoms with Crippen LogP contribution < -0.4 is 0 Å². The highest BCUT2D eigenvalue weighted by molar-refractivity contribution is 5.83. The number of fused-ring (bicyclic) bond motifs is 2. The Balaban J connectivity index is 1.20. The third kappa shape index (κ3) is 3.33. The van der Waals surface area contributed by atoms with E-state index in [9.17, 15) is 0 Å². The van der Waals surface area contributed by atoms with E-state index in [0.29, 0.717) is 11.8 Å². The van der Waals surface area contributed by atoms with Gasteiger partial charge in [0.25, 0.3) is 0 Å². The Morgan fingerprint density at radius 2 is 1.09 bits per heavy atom. The summed E-state index contributed by atoms with van der Waals surface area (Å²) in [6.45, 7) is 0. The fourth-order valence-electron chi connectivity index (χ4n) is 4.63. The molecule has 3 heterocycles. The average Bonchev–Trinajstić information content (AvgIpc) is 3.67. The first kappa shape index (κ1) is 19.6. The number of nitrogens with zero attached hydrogens (tertiary/aromatic N) is 4. The van der Waals surface area contributed by atoms with E-state index in [4.69, 9.17) is 4.42 Å². The fourth-order valence-corrected chi connectivity index (χ4v) is 4.63. The van der Waals surface area contributed by atoms with Gasteiger partial charge in [0.2, 0.25) is 11.8 Å². The van der Waals surface area contributed by atoms with E-state index in [2.05, 4.69) is 117 Å². The Morgan fingerprint density at radius 3 is 1.77 bits per heavy atom. The fraction of sp³-hybridized carbons (Fsp3) is 0. The first-order chi connectivity index (χ1) is 17.3. The number of hydrogen-bond acceptors (Lipinski definition) is 3. The highest BCUT2D eigenvalue weighted by Gasteiger charge is 2.13. The van der Waals surface area contributed by atoms with Gasteiger partial charge in [-0.05, 0) is 77.5 Å². The van der Waals surface area contributed by atoms with E-state index in [1.807, 2.05) is 24.3 Å². The Labute approximate surface area is 201 Å². The normalized spacial score (nSPS) is 11.4. The van der Waals surface area contributed by atoms with Gasteiger partial charge in [0.05, 0.1) is 11.0 Å². The molecular weight excluding hydrogens is 432 g/mol. The molecule has 0 amide bonds. The molecule has 166 valence electrons. The molecule has 0 aliphatic heterocycles. The summed E-state index contributed by atoms with van der Waals surface area (Å²) in [4.78, 5) is 0. The maximum atomic E-state index is 6.08. The summed E-state index contributed by atoms with van der Waals surface area (Å²) in [5, 5.41) is 11.1. The van der Waals surface area contributed by atoms with Crippen molar-refractivity contribution in [2.45, 2.75) is 0 Å². The van der Waals surface area contributed by atoms with Crippen molar-refractivity contribution in [3.63, 3.8) is 0 Å². The molecule has 0 aliphatic rings. The van der Waals surface area contributed by atoms with Crippen LogP contribution in [0, 0.1) is 0 Å². The van der Waals surface area contributed by atoms with Gasteiger partial charge in [-0.1, -0.05) is 42.5 Å². The monoisotopic (exact) mass is 452 g/mol. The van der Waals surface area contributed by atoms with Crippen molar-refractivity contribution in [2.75, 3.05) is 0 Å². The van der Waals surface area contributed by atoms with E-state index in [1.54, 1.807) is 0 Å². The molecule has 0 saturated carbocycles. The summed E-state index contributed by atoms with van der Waals surface area (Å²) < 4.78 is 10.4. The maximum absolute atomic E-state index is 6.08. The minimum Gasteiger partial charge on any atom is -0.416 e. The zero-order valence-electron chi connectivity index (χ0n) is 18.7. The summed E-state index contributed by atoms with van der Waals surface area (Å²) in [7, 11) is 0. The summed E-state index contributed by atoms with van der Waals surface area (Å²) in [5.74, 6) is 1.000. The molecule has 3 aromatic heterocycles. The minimum atomic E-state index is 0.499. The molecule has 0 saturated heterocycles. The van der Waals surface area contributed by atoms with Crippen LogP contribution in [-0.4, -0.2) is 19.3 Å². The van der Waals surface area contributed by atoms with E-state index in [1.165, 1.54) is 16.3 Å². The molecule has 7 aromatic rings. The van der Waals surface area contributed by atoms with E-state index >= 15 is 0 Å². The van der Waals surface area contributed by atoms with Crippen LogP contribution in [0.2, 0.25) is 0 Å². The molecule has 0 bridgehead atoms. The molecule has 0 N–H and O–H groups in total. The predicted molar refractivity (Wildman–Crippen MR) is 139 cm³/mol.